The molecule has 0 saturated carbocycles. The highest BCUT2D eigenvalue weighted by Crippen LogP contribution is 2.28. The minimum absolute atomic E-state index is 0.0941. The van der Waals surface area contributed by atoms with Gasteiger partial charge in [-0.25, -0.2) is 4.39 Å². The standard InChI is InChI=1S/C18H15BrFN/c1-12(21-14-9-10-17(19)18(20)11-14)15-8-4-6-13-5-2-3-7-16(13)15/h2-12,21H,1H3. The monoisotopic (exact) mass is 343 g/mol. The maximum atomic E-state index is 13.6. The third kappa shape index (κ3) is 2.93. The van der Waals surface area contributed by atoms with Gasteiger partial charge in [-0.15, -0.1) is 0 Å². The Hall–Kier alpha value is -1.87. The van der Waals surface area contributed by atoms with Crippen LogP contribution in [-0.4, -0.2) is 0 Å². The normalized spacial score (nSPS) is 12.3. The average molecular weight is 344 g/mol. The number of benzene rings is 3. The molecule has 0 spiro atoms. The lowest BCUT2D eigenvalue weighted by Crippen LogP contribution is -2.07. The molecule has 0 amide bonds. The van der Waals surface area contributed by atoms with Crippen LogP contribution in [0, 0.1) is 5.82 Å². The van der Waals surface area contributed by atoms with Crippen LogP contribution in [0.3, 0.4) is 0 Å². The molecule has 1 atom stereocenters. The highest BCUT2D eigenvalue weighted by Gasteiger charge is 2.10. The van der Waals surface area contributed by atoms with Crippen molar-refractivity contribution in [3.63, 3.8) is 0 Å². The Morgan fingerprint density at radius 1 is 1.00 bits per heavy atom. The fourth-order valence-corrected chi connectivity index (χ4v) is 2.79. The molecule has 3 aromatic rings. The summed E-state index contributed by atoms with van der Waals surface area (Å²) < 4.78 is 14.1. The van der Waals surface area contributed by atoms with E-state index in [1.165, 1.54) is 22.4 Å². The van der Waals surface area contributed by atoms with Crippen molar-refractivity contribution in [2.75, 3.05) is 5.32 Å². The van der Waals surface area contributed by atoms with Crippen LogP contribution in [0.15, 0.2) is 65.1 Å². The molecule has 3 heteroatoms. The van der Waals surface area contributed by atoms with Crippen molar-refractivity contribution < 1.29 is 4.39 Å². The number of fused-ring (bicyclic) bond motifs is 1. The first kappa shape index (κ1) is 14.1. The van der Waals surface area contributed by atoms with E-state index in [0.717, 1.165) is 5.69 Å². The predicted octanol–water partition coefficient (Wildman–Crippen LogP) is 5.91. The third-order valence-electron chi connectivity index (χ3n) is 3.59. The van der Waals surface area contributed by atoms with Gasteiger partial charge >= 0.3 is 0 Å². The van der Waals surface area contributed by atoms with Crippen LogP contribution in [0.2, 0.25) is 0 Å². The molecule has 0 aliphatic carbocycles. The van der Waals surface area contributed by atoms with E-state index < -0.39 is 0 Å². The van der Waals surface area contributed by atoms with E-state index in [9.17, 15) is 4.39 Å². The number of nitrogens with one attached hydrogen (secondary N) is 1. The molecule has 0 bridgehead atoms. The number of hydrogen-bond acceptors (Lipinski definition) is 1. The second-order valence-corrected chi connectivity index (χ2v) is 5.92. The molecule has 106 valence electrons. The molecule has 3 rings (SSSR count). The lowest BCUT2D eigenvalue weighted by molar-refractivity contribution is 0.621. The second kappa shape index (κ2) is 5.86. The number of anilines is 1. The Morgan fingerprint density at radius 2 is 1.76 bits per heavy atom. The molecule has 1 nitrogen and oxygen atoms in total. The van der Waals surface area contributed by atoms with Gasteiger partial charge in [0.1, 0.15) is 5.82 Å². The summed E-state index contributed by atoms with van der Waals surface area (Å²) in [4.78, 5) is 0. The topological polar surface area (TPSA) is 12.0 Å². The van der Waals surface area contributed by atoms with Crippen LogP contribution in [0.4, 0.5) is 10.1 Å². The van der Waals surface area contributed by atoms with Gasteiger partial charge in [0, 0.05) is 11.7 Å². The van der Waals surface area contributed by atoms with Crippen LogP contribution in [0.5, 0.6) is 0 Å². The maximum Gasteiger partial charge on any atom is 0.139 e. The zero-order chi connectivity index (χ0) is 14.8. The van der Waals surface area contributed by atoms with Gasteiger partial charge in [0.25, 0.3) is 0 Å². The molecular weight excluding hydrogens is 329 g/mol. The first-order valence-corrected chi connectivity index (χ1v) is 7.64. The highest BCUT2D eigenvalue weighted by atomic mass is 79.9. The zero-order valence-corrected chi connectivity index (χ0v) is 13.2. The smallest absolute Gasteiger partial charge is 0.139 e. The highest BCUT2D eigenvalue weighted by molar-refractivity contribution is 9.10. The molecule has 3 aromatic carbocycles. The van der Waals surface area contributed by atoms with Gasteiger partial charge < -0.3 is 5.32 Å². The summed E-state index contributed by atoms with van der Waals surface area (Å²) in [5.74, 6) is -0.259. The molecule has 0 aliphatic rings. The van der Waals surface area contributed by atoms with Gasteiger partial charge in [0.2, 0.25) is 0 Å². The molecule has 0 aliphatic heterocycles. The molecule has 0 aromatic heterocycles. The summed E-state index contributed by atoms with van der Waals surface area (Å²) >= 11 is 3.17. The van der Waals surface area contributed by atoms with Crippen molar-refractivity contribution in [1.29, 1.82) is 0 Å². The van der Waals surface area contributed by atoms with E-state index in [1.54, 1.807) is 6.07 Å². The predicted molar refractivity (Wildman–Crippen MR) is 90.1 cm³/mol. The van der Waals surface area contributed by atoms with Gasteiger partial charge in [-0.05, 0) is 57.4 Å². The van der Waals surface area contributed by atoms with Crippen LogP contribution >= 0.6 is 15.9 Å². The zero-order valence-electron chi connectivity index (χ0n) is 11.6. The van der Waals surface area contributed by atoms with Gasteiger partial charge in [-0.1, -0.05) is 42.5 Å². The third-order valence-corrected chi connectivity index (χ3v) is 4.24. The Labute approximate surface area is 131 Å². The molecule has 1 N–H and O–H groups in total. The summed E-state index contributed by atoms with van der Waals surface area (Å²) in [5.41, 5.74) is 1.98. The van der Waals surface area contributed by atoms with E-state index in [4.69, 9.17) is 0 Å². The SMILES string of the molecule is CC(Nc1ccc(Br)c(F)c1)c1cccc2ccccc12. The van der Waals surface area contributed by atoms with Crippen LogP contribution < -0.4 is 5.32 Å². The van der Waals surface area contributed by atoms with Gasteiger partial charge in [0.15, 0.2) is 0 Å². The minimum atomic E-state index is -0.259. The molecule has 0 saturated heterocycles. The van der Waals surface area contributed by atoms with Crippen molar-refractivity contribution >= 4 is 32.4 Å². The van der Waals surface area contributed by atoms with E-state index in [1.807, 2.05) is 18.2 Å². The Balaban J connectivity index is 1.93. The van der Waals surface area contributed by atoms with E-state index in [0.29, 0.717) is 4.47 Å². The molecule has 0 heterocycles. The summed E-state index contributed by atoms with van der Waals surface area (Å²) in [6, 6.07) is 19.7. The van der Waals surface area contributed by atoms with Crippen LogP contribution in [0.25, 0.3) is 10.8 Å². The fraction of sp³-hybridized carbons (Fsp3) is 0.111. The van der Waals surface area contributed by atoms with Crippen LogP contribution in [0.1, 0.15) is 18.5 Å². The van der Waals surface area contributed by atoms with E-state index >= 15 is 0 Å². The van der Waals surface area contributed by atoms with Crippen molar-refractivity contribution in [1.82, 2.24) is 0 Å². The minimum Gasteiger partial charge on any atom is -0.378 e. The summed E-state index contributed by atoms with van der Waals surface area (Å²) in [5, 5.41) is 5.79. The van der Waals surface area contributed by atoms with Gasteiger partial charge in [-0.2, -0.15) is 0 Å². The molecule has 1 unspecified atom stereocenters. The Kier molecular flexibility index (Phi) is 3.93. The lowest BCUT2D eigenvalue weighted by Gasteiger charge is -2.18. The van der Waals surface area contributed by atoms with Crippen molar-refractivity contribution in [2.24, 2.45) is 0 Å². The summed E-state index contributed by atoms with van der Waals surface area (Å²) in [6.45, 7) is 2.09. The first-order valence-electron chi connectivity index (χ1n) is 6.84. The number of halogens is 2. The Morgan fingerprint density at radius 3 is 2.57 bits per heavy atom. The first-order chi connectivity index (χ1) is 10.1. The molecule has 21 heavy (non-hydrogen) atoms. The summed E-state index contributed by atoms with van der Waals surface area (Å²) in [7, 11) is 0. The van der Waals surface area contributed by atoms with Crippen molar-refractivity contribution in [3.8, 4) is 0 Å². The second-order valence-electron chi connectivity index (χ2n) is 5.06. The van der Waals surface area contributed by atoms with Gasteiger partial charge in [-0.3, -0.25) is 0 Å². The molecule has 0 radical (unpaired) electrons. The lowest BCUT2D eigenvalue weighted by atomic mass is 9.99. The molecule has 0 fully saturated rings. The average Bonchev–Trinajstić information content (AvgIpc) is 2.50. The van der Waals surface area contributed by atoms with Crippen LogP contribution in [-0.2, 0) is 0 Å². The number of hydrogen-bond donors (Lipinski definition) is 1. The molecular formula is C18H15BrFN. The Bertz CT molecular complexity index is 780. The van der Waals surface area contributed by atoms with E-state index in [-0.39, 0.29) is 11.9 Å². The fourth-order valence-electron chi connectivity index (χ4n) is 2.54. The number of rotatable bonds is 3. The largest absolute Gasteiger partial charge is 0.378 e. The van der Waals surface area contributed by atoms with Gasteiger partial charge in [0.05, 0.1) is 4.47 Å². The summed E-state index contributed by atoms with van der Waals surface area (Å²) in [6.07, 6.45) is 0. The maximum absolute atomic E-state index is 13.6. The van der Waals surface area contributed by atoms with Crippen molar-refractivity contribution in [3.05, 3.63) is 76.5 Å². The van der Waals surface area contributed by atoms with Crippen molar-refractivity contribution in [2.45, 2.75) is 13.0 Å². The quantitative estimate of drug-likeness (QED) is 0.622. The van der Waals surface area contributed by atoms with E-state index in [2.05, 4.69) is 58.5 Å².